The molecule has 1 aromatic rings. The zero-order valence-corrected chi connectivity index (χ0v) is 14.9. The molecule has 0 saturated carbocycles. The Labute approximate surface area is 144 Å². The molecule has 0 unspecified atom stereocenters. The Balaban J connectivity index is 1.72. The Hall–Kier alpha value is -1.59. The summed E-state index contributed by atoms with van der Waals surface area (Å²) in [4.78, 5) is 17.4. The van der Waals surface area contributed by atoms with E-state index in [9.17, 15) is 4.79 Å². The fourth-order valence-electron chi connectivity index (χ4n) is 4.15. The molecule has 0 radical (unpaired) electrons. The van der Waals surface area contributed by atoms with E-state index in [4.69, 9.17) is 9.47 Å². The highest BCUT2D eigenvalue weighted by molar-refractivity contribution is 5.79. The Morgan fingerprint density at radius 3 is 2.83 bits per heavy atom. The molecule has 5 nitrogen and oxygen atoms in total. The summed E-state index contributed by atoms with van der Waals surface area (Å²) in [7, 11) is 3.45. The largest absolute Gasteiger partial charge is 0.497 e. The van der Waals surface area contributed by atoms with Gasteiger partial charge in [0.05, 0.1) is 25.7 Å². The predicted octanol–water partition coefficient (Wildman–Crippen LogP) is 1.81. The van der Waals surface area contributed by atoms with Crippen LogP contribution in [0.2, 0.25) is 0 Å². The molecule has 0 aliphatic carbocycles. The number of hydrogen-bond acceptors (Lipinski definition) is 4. The molecule has 0 spiro atoms. The van der Waals surface area contributed by atoms with Crippen molar-refractivity contribution in [2.45, 2.75) is 31.9 Å². The van der Waals surface area contributed by atoms with Crippen LogP contribution in [0.15, 0.2) is 24.3 Å². The summed E-state index contributed by atoms with van der Waals surface area (Å²) in [6.45, 7) is 6.00. The molecule has 2 fully saturated rings. The van der Waals surface area contributed by atoms with Gasteiger partial charge < -0.3 is 19.3 Å². The van der Waals surface area contributed by atoms with Crippen molar-refractivity contribution in [3.05, 3.63) is 29.8 Å². The number of hydrogen-bond donors (Lipinski definition) is 0. The van der Waals surface area contributed by atoms with Gasteiger partial charge in [0.1, 0.15) is 5.75 Å². The molecule has 2 heterocycles. The minimum Gasteiger partial charge on any atom is -0.497 e. The average molecular weight is 332 g/mol. The Morgan fingerprint density at radius 1 is 1.29 bits per heavy atom. The van der Waals surface area contributed by atoms with E-state index in [2.05, 4.69) is 16.7 Å². The normalized spacial score (nSPS) is 27.1. The predicted molar refractivity (Wildman–Crippen MR) is 93.2 cm³/mol. The summed E-state index contributed by atoms with van der Waals surface area (Å²) in [6, 6.07) is 8.07. The van der Waals surface area contributed by atoms with Gasteiger partial charge in [-0.15, -0.1) is 0 Å². The van der Waals surface area contributed by atoms with Crippen LogP contribution in [0.4, 0.5) is 0 Å². The van der Waals surface area contributed by atoms with Gasteiger partial charge in [-0.05, 0) is 30.7 Å². The van der Waals surface area contributed by atoms with Crippen LogP contribution >= 0.6 is 0 Å². The fraction of sp³-hybridized carbons (Fsp3) is 0.632. The second kappa shape index (κ2) is 7.53. The minimum absolute atomic E-state index is 0.214. The summed E-state index contributed by atoms with van der Waals surface area (Å²) in [5, 5.41) is 0. The molecule has 132 valence electrons. The van der Waals surface area contributed by atoms with Crippen molar-refractivity contribution in [2.24, 2.45) is 5.92 Å². The Kier molecular flexibility index (Phi) is 5.41. The van der Waals surface area contributed by atoms with E-state index in [1.54, 1.807) is 14.2 Å². The van der Waals surface area contributed by atoms with Crippen molar-refractivity contribution >= 4 is 5.91 Å². The molecule has 24 heavy (non-hydrogen) atoms. The number of nitrogens with zero attached hydrogens (tertiary/aromatic N) is 2. The second-order valence-electron chi connectivity index (χ2n) is 6.76. The maximum absolute atomic E-state index is 12.9. The molecule has 2 aliphatic rings. The number of carbonyl (C=O) groups is 1. The van der Waals surface area contributed by atoms with E-state index >= 15 is 0 Å². The molecule has 1 amide bonds. The van der Waals surface area contributed by atoms with Gasteiger partial charge in [0.2, 0.25) is 5.91 Å². The first-order valence-electron chi connectivity index (χ1n) is 8.83. The monoisotopic (exact) mass is 332 g/mol. The van der Waals surface area contributed by atoms with Crippen molar-refractivity contribution in [1.29, 1.82) is 0 Å². The van der Waals surface area contributed by atoms with E-state index in [0.29, 0.717) is 12.3 Å². The number of methoxy groups -OCH3 is 2. The number of amides is 1. The van der Waals surface area contributed by atoms with E-state index in [-0.39, 0.29) is 18.1 Å². The minimum atomic E-state index is 0.214. The van der Waals surface area contributed by atoms with E-state index in [1.165, 1.54) is 0 Å². The number of piperidine rings is 1. The van der Waals surface area contributed by atoms with Crippen molar-refractivity contribution < 1.29 is 14.3 Å². The van der Waals surface area contributed by atoms with Crippen LogP contribution in [0.1, 0.15) is 18.9 Å². The summed E-state index contributed by atoms with van der Waals surface area (Å²) in [6.07, 6.45) is 1.64. The lowest BCUT2D eigenvalue weighted by molar-refractivity contribution is -0.138. The molecular weight excluding hydrogens is 304 g/mol. The van der Waals surface area contributed by atoms with E-state index in [0.717, 1.165) is 43.9 Å². The summed E-state index contributed by atoms with van der Waals surface area (Å²) in [5.74, 6) is 1.44. The van der Waals surface area contributed by atoms with Crippen LogP contribution in [0, 0.1) is 5.92 Å². The van der Waals surface area contributed by atoms with E-state index < -0.39 is 0 Å². The third-order valence-electron chi connectivity index (χ3n) is 5.50. The lowest BCUT2D eigenvalue weighted by Gasteiger charge is -2.41. The van der Waals surface area contributed by atoms with Crippen LogP contribution in [-0.2, 0) is 16.0 Å². The highest BCUT2D eigenvalue weighted by Crippen LogP contribution is 2.32. The molecule has 5 heteroatoms. The molecule has 0 aromatic heterocycles. The lowest BCUT2D eigenvalue weighted by Crippen LogP contribution is -2.54. The highest BCUT2D eigenvalue weighted by Gasteiger charge is 2.45. The summed E-state index contributed by atoms with van der Waals surface area (Å²) in [5.41, 5.74) is 1.01. The third kappa shape index (κ3) is 3.42. The van der Waals surface area contributed by atoms with Gasteiger partial charge in [-0.3, -0.25) is 4.79 Å². The van der Waals surface area contributed by atoms with Crippen LogP contribution in [0.3, 0.4) is 0 Å². The Morgan fingerprint density at radius 2 is 2.12 bits per heavy atom. The van der Waals surface area contributed by atoms with Crippen molar-refractivity contribution in [1.82, 2.24) is 9.80 Å². The van der Waals surface area contributed by atoms with Gasteiger partial charge in [-0.1, -0.05) is 19.1 Å². The molecule has 3 atom stereocenters. The van der Waals surface area contributed by atoms with Gasteiger partial charge >= 0.3 is 0 Å². The smallest absolute Gasteiger partial charge is 0.227 e. The summed E-state index contributed by atoms with van der Waals surface area (Å²) < 4.78 is 11.0. The van der Waals surface area contributed by atoms with Gasteiger partial charge in [0.15, 0.2) is 0 Å². The van der Waals surface area contributed by atoms with Crippen LogP contribution < -0.4 is 4.74 Å². The van der Waals surface area contributed by atoms with Crippen LogP contribution in [0.5, 0.6) is 5.75 Å². The van der Waals surface area contributed by atoms with Gasteiger partial charge in [-0.25, -0.2) is 0 Å². The second-order valence-corrected chi connectivity index (χ2v) is 6.76. The number of carbonyl (C=O) groups excluding carboxylic acids is 1. The molecule has 1 aromatic carbocycles. The van der Waals surface area contributed by atoms with Crippen LogP contribution in [-0.4, -0.2) is 68.3 Å². The van der Waals surface area contributed by atoms with Crippen molar-refractivity contribution in [3.63, 3.8) is 0 Å². The number of fused-ring (bicyclic) bond motifs is 1. The first-order valence-corrected chi connectivity index (χ1v) is 8.83. The van der Waals surface area contributed by atoms with Crippen molar-refractivity contribution in [2.75, 3.05) is 40.4 Å². The highest BCUT2D eigenvalue weighted by atomic mass is 16.5. The molecular formula is C19H28N2O3. The van der Waals surface area contributed by atoms with E-state index in [1.807, 2.05) is 24.3 Å². The fourth-order valence-corrected chi connectivity index (χ4v) is 4.15. The molecule has 0 N–H and O–H groups in total. The number of ether oxygens (including phenoxy) is 2. The number of benzene rings is 1. The van der Waals surface area contributed by atoms with Crippen molar-refractivity contribution in [3.8, 4) is 5.75 Å². The average Bonchev–Trinajstić information content (AvgIpc) is 3.05. The zero-order chi connectivity index (χ0) is 17.1. The topological polar surface area (TPSA) is 42.0 Å². The zero-order valence-electron chi connectivity index (χ0n) is 14.9. The van der Waals surface area contributed by atoms with Gasteiger partial charge in [-0.2, -0.15) is 0 Å². The number of rotatable bonds is 5. The number of likely N-dealkylation sites (N-methyl/N-ethyl adjacent to an activating group) is 1. The maximum atomic E-state index is 12.9. The molecule has 3 rings (SSSR count). The summed E-state index contributed by atoms with van der Waals surface area (Å²) >= 11 is 0. The maximum Gasteiger partial charge on any atom is 0.227 e. The molecule has 2 aliphatic heterocycles. The Bertz CT molecular complexity index is 577. The quantitative estimate of drug-likeness (QED) is 0.825. The SMILES string of the molecule is CCN1C[C@H]2[C@@H](C1)N(C(=O)Cc1cccc(OC)c1)CC[C@H]2OC. The van der Waals surface area contributed by atoms with Gasteiger partial charge in [0.25, 0.3) is 0 Å². The number of likely N-dealkylation sites (tertiary alicyclic amines) is 2. The first kappa shape index (κ1) is 17.2. The molecule has 0 bridgehead atoms. The standard InChI is InChI=1S/C19H28N2O3/c1-4-20-12-16-17(13-20)21(9-8-18(16)24-3)19(22)11-14-6-5-7-15(10-14)23-2/h5-7,10,16-18H,4,8-9,11-13H2,1-3H3/t16-,17+,18+/m0/s1. The first-order chi connectivity index (χ1) is 11.7. The lowest BCUT2D eigenvalue weighted by atomic mass is 9.88. The van der Waals surface area contributed by atoms with Crippen LogP contribution in [0.25, 0.3) is 0 Å². The van der Waals surface area contributed by atoms with Gasteiger partial charge in [0, 0.05) is 32.7 Å². The molecule has 2 saturated heterocycles. The third-order valence-corrected chi connectivity index (χ3v) is 5.50.